The predicted molar refractivity (Wildman–Crippen MR) is 129 cm³/mol. The number of aromatic hydroxyl groups is 1. The molecule has 10 heteroatoms. The van der Waals surface area contributed by atoms with E-state index in [9.17, 15) is 19.5 Å². The molecule has 35 heavy (non-hydrogen) atoms. The number of hydrogen-bond acceptors (Lipinski definition) is 8. The molecule has 0 saturated heterocycles. The maximum absolute atomic E-state index is 13.5. The number of para-hydroxylation sites is 1. The van der Waals surface area contributed by atoms with Crippen molar-refractivity contribution in [3.05, 3.63) is 86.2 Å². The summed E-state index contributed by atoms with van der Waals surface area (Å²) in [6.45, 7) is 4.22. The molecule has 0 radical (unpaired) electrons. The van der Waals surface area contributed by atoms with Crippen LogP contribution in [-0.4, -0.2) is 32.9 Å². The summed E-state index contributed by atoms with van der Waals surface area (Å²) >= 11 is 1.09. The summed E-state index contributed by atoms with van der Waals surface area (Å²) in [5.74, 6) is -1.56. The molecule has 0 aliphatic carbocycles. The molecule has 178 valence electrons. The first-order valence-corrected chi connectivity index (χ1v) is 11.3. The third-order valence-electron chi connectivity index (χ3n) is 5.27. The summed E-state index contributed by atoms with van der Waals surface area (Å²) in [5, 5.41) is 18.1. The number of carboxylic acids is 1. The molecule has 1 atom stereocenters. The van der Waals surface area contributed by atoms with Gasteiger partial charge in [-0.05, 0) is 36.8 Å². The average Bonchev–Trinajstić information content (AvgIpc) is 3.31. The Morgan fingerprint density at radius 1 is 1.09 bits per heavy atom. The molecule has 4 aromatic rings. The van der Waals surface area contributed by atoms with E-state index in [1.165, 1.54) is 24.0 Å². The summed E-state index contributed by atoms with van der Waals surface area (Å²) < 4.78 is 5.87. The molecule has 2 aromatic carbocycles. The summed E-state index contributed by atoms with van der Waals surface area (Å²) in [6.07, 6.45) is 0. The van der Waals surface area contributed by atoms with Gasteiger partial charge in [-0.25, -0.2) is 4.98 Å². The third-order valence-corrected chi connectivity index (χ3v) is 6.53. The van der Waals surface area contributed by atoms with Crippen molar-refractivity contribution in [1.82, 2.24) is 4.98 Å². The Labute approximate surface area is 202 Å². The van der Waals surface area contributed by atoms with Crippen LogP contribution in [0.25, 0.3) is 11.0 Å². The highest BCUT2D eigenvalue weighted by molar-refractivity contribution is 7.17. The minimum atomic E-state index is -0.846. The second-order valence-corrected chi connectivity index (χ2v) is 8.81. The predicted octanol–water partition coefficient (Wildman–Crippen LogP) is 4.31. The van der Waals surface area contributed by atoms with E-state index in [2.05, 4.69) is 4.98 Å². The Bertz CT molecular complexity index is 1550. The van der Waals surface area contributed by atoms with Crippen LogP contribution in [0.4, 0.5) is 5.13 Å². The van der Waals surface area contributed by atoms with Gasteiger partial charge in [-0.3, -0.25) is 24.1 Å². The van der Waals surface area contributed by atoms with Crippen LogP contribution in [-0.2, 0) is 4.79 Å². The zero-order valence-corrected chi connectivity index (χ0v) is 19.8. The fourth-order valence-electron chi connectivity index (χ4n) is 3.94. The van der Waals surface area contributed by atoms with Gasteiger partial charge in [-0.1, -0.05) is 35.6 Å². The Morgan fingerprint density at radius 2 is 1.77 bits per heavy atom. The van der Waals surface area contributed by atoms with E-state index >= 15 is 0 Å². The molecule has 1 amide bonds. The molecule has 0 fully saturated rings. The normalized spacial score (nSPS) is 14.4. The Hall–Kier alpha value is -4.31. The second-order valence-electron chi connectivity index (χ2n) is 7.83. The maximum atomic E-state index is 13.5. The Morgan fingerprint density at radius 3 is 2.40 bits per heavy atom. The van der Waals surface area contributed by atoms with Crippen molar-refractivity contribution in [3.8, 4) is 5.75 Å². The zero-order chi connectivity index (χ0) is 25.4. The van der Waals surface area contributed by atoms with Crippen LogP contribution in [0.5, 0.6) is 5.75 Å². The van der Waals surface area contributed by atoms with Gasteiger partial charge < -0.3 is 14.6 Å². The highest BCUT2D eigenvalue weighted by atomic mass is 32.1. The number of phenols is 1. The SMILES string of the molecule is CC(=O)O.CC(=O)c1sc(N2C(=O)c3oc4ccccc4c(=O)c3C2c2cccc(O)c2)nc1C. The van der Waals surface area contributed by atoms with Gasteiger partial charge >= 0.3 is 0 Å². The van der Waals surface area contributed by atoms with Gasteiger partial charge in [0, 0.05) is 13.8 Å². The molecule has 0 bridgehead atoms. The second kappa shape index (κ2) is 9.15. The topological polar surface area (TPSA) is 138 Å². The smallest absolute Gasteiger partial charge is 0.300 e. The number of fused-ring (bicyclic) bond motifs is 2. The molecule has 1 aliphatic rings. The number of carboxylic acid groups (broad SMARTS) is 1. The van der Waals surface area contributed by atoms with E-state index < -0.39 is 17.9 Å². The molecular formula is C25H20N2O7S. The number of hydrogen-bond donors (Lipinski definition) is 2. The number of carbonyl (C=O) groups is 3. The van der Waals surface area contributed by atoms with Crippen LogP contribution in [0, 0.1) is 6.92 Å². The number of Topliss-reactive ketones (excluding diaryl/α,β-unsaturated/α-hetero) is 1. The summed E-state index contributed by atoms with van der Waals surface area (Å²) in [5.41, 5.74) is 1.23. The minimum absolute atomic E-state index is 0.00303. The standard InChI is InChI=1S/C23H16N2O5S.C2H4O2/c1-11-21(12(2)26)31-23(24-11)25-18(13-6-5-7-14(27)10-13)17-19(28)15-8-3-4-9-16(15)30-20(17)22(25)29;1-2(3)4/h3-10,18,27H,1-2H3;1H3,(H,3,4). The van der Waals surface area contributed by atoms with Crippen LogP contribution in [0.2, 0.25) is 0 Å². The Kier molecular flexibility index (Phi) is 6.23. The summed E-state index contributed by atoms with van der Waals surface area (Å²) in [6, 6.07) is 12.3. The van der Waals surface area contributed by atoms with Crippen LogP contribution in [0.3, 0.4) is 0 Å². The third kappa shape index (κ3) is 4.31. The summed E-state index contributed by atoms with van der Waals surface area (Å²) in [7, 11) is 0. The first kappa shape index (κ1) is 23.8. The van der Waals surface area contributed by atoms with Gasteiger partial charge in [0.2, 0.25) is 5.76 Å². The van der Waals surface area contributed by atoms with E-state index in [-0.39, 0.29) is 33.4 Å². The molecule has 5 rings (SSSR count). The van der Waals surface area contributed by atoms with Gasteiger partial charge in [0.1, 0.15) is 11.3 Å². The zero-order valence-electron chi connectivity index (χ0n) is 18.9. The van der Waals surface area contributed by atoms with Crippen LogP contribution >= 0.6 is 11.3 Å². The lowest BCUT2D eigenvalue weighted by molar-refractivity contribution is -0.134. The van der Waals surface area contributed by atoms with Crippen molar-refractivity contribution in [2.24, 2.45) is 0 Å². The van der Waals surface area contributed by atoms with Gasteiger partial charge in [0.15, 0.2) is 16.3 Å². The number of amides is 1. The molecule has 2 N–H and O–H groups in total. The van der Waals surface area contributed by atoms with Crippen molar-refractivity contribution in [2.45, 2.75) is 26.8 Å². The highest BCUT2D eigenvalue weighted by Gasteiger charge is 2.45. The van der Waals surface area contributed by atoms with Crippen molar-refractivity contribution in [1.29, 1.82) is 0 Å². The molecule has 0 spiro atoms. The van der Waals surface area contributed by atoms with E-state index in [0.29, 0.717) is 27.1 Å². The highest BCUT2D eigenvalue weighted by Crippen LogP contribution is 2.43. The Balaban J connectivity index is 0.000000672. The minimum Gasteiger partial charge on any atom is -0.508 e. The van der Waals surface area contributed by atoms with Gasteiger partial charge in [-0.15, -0.1) is 0 Å². The number of benzene rings is 2. The monoisotopic (exact) mass is 492 g/mol. The van der Waals surface area contributed by atoms with E-state index in [4.69, 9.17) is 14.3 Å². The largest absolute Gasteiger partial charge is 0.508 e. The first-order valence-electron chi connectivity index (χ1n) is 10.5. The van der Waals surface area contributed by atoms with E-state index in [1.54, 1.807) is 43.3 Å². The lowest BCUT2D eigenvalue weighted by atomic mass is 9.98. The van der Waals surface area contributed by atoms with Crippen molar-refractivity contribution < 1.29 is 29.0 Å². The van der Waals surface area contributed by atoms with Crippen molar-refractivity contribution >= 4 is 45.1 Å². The molecule has 1 unspecified atom stereocenters. The molecule has 9 nitrogen and oxygen atoms in total. The molecule has 2 aromatic heterocycles. The number of aryl methyl sites for hydroxylation is 1. The fourth-order valence-corrected chi connectivity index (χ4v) is 4.93. The number of aliphatic carboxylic acids is 1. The van der Waals surface area contributed by atoms with Crippen LogP contribution in [0.1, 0.15) is 56.9 Å². The fraction of sp³-hybridized carbons (Fsp3) is 0.160. The quantitative estimate of drug-likeness (QED) is 0.404. The van der Waals surface area contributed by atoms with Gasteiger partial charge in [0.05, 0.1) is 27.6 Å². The van der Waals surface area contributed by atoms with Crippen LogP contribution in [0.15, 0.2) is 57.7 Å². The lowest BCUT2D eigenvalue weighted by Gasteiger charge is -2.22. The van der Waals surface area contributed by atoms with Crippen molar-refractivity contribution in [3.63, 3.8) is 0 Å². The number of nitrogens with zero attached hydrogens (tertiary/aromatic N) is 2. The van der Waals surface area contributed by atoms with Gasteiger partial charge in [-0.2, -0.15) is 0 Å². The summed E-state index contributed by atoms with van der Waals surface area (Å²) in [4.78, 5) is 54.1. The number of aromatic nitrogens is 1. The number of anilines is 1. The molecule has 0 saturated carbocycles. The molecule has 1 aliphatic heterocycles. The van der Waals surface area contributed by atoms with Crippen LogP contribution < -0.4 is 10.3 Å². The first-order chi connectivity index (χ1) is 16.6. The van der Waals surface area contributed by atoms with E-state index in [1.807, 2.05) is 0 Å². The average molecular weight is 493 g/mol. The van der Waals surface area contributed by atoms with E-state index in [0.717, 1.165) is 18.3 Å². The maximum Gasteiger partial charge on any atom is 0.300 e. The number of thiazole rings is 1. The van der Waals surface area contributed by atoms with Crippen molar-refractivity contribution in [2.75, 3.05) is 4.90 Å². The van der Waals surface area contributed by atoms with Gasteiger partial charge in [0.25, 0.3) is 11.9 Å². The number of phenolic OH excluding ortho intramolecular Hbond substituents is 1. The molecule has 3 heterocycles. The molecular weight excluding hydrogens is 472 g/mol. The lowest BCUT2D eigenvalue weighted by Crippen LogP contribution is -2.29. The number of rotatable bonds is 3. The number of ketones is 1. The number of carbonyl (C=O) groups excluding carboxylic acids is 2.